The molecular weight excluding hydrogens is 493 g/mol. The van der Waals surface area contributed by atoms with Gasteiger partial charge in [-0.2, -0.15) is 9.97 Å². The number of anilines is 1. The van der Waals surface area contributed by atoms with Crippen LogP contribution in [0.4, 0.5) is 15.0 Å². The first-order chi connectivity index (χ1) is 14.8. The van der Waals surface area contributed by atoms with Crippen molar-refractivity contribution in [2.24, 2.45) is 0 Å². The van der Waals surface area contributed by atoms with Gasteiger partial charge in [-0.1, -0.05) is 11.6 Å². The van der Waals surface area contributed by atoms with E-state index in [9.17, 15) is 9.90 Å². The number of hydrogen-bond acceptors (Lipinski definition) is 6. The Morgan fingerprint density at radius 2 is 2.16 bits per heavy atom. The van der Waals surface area contributed by atoms with Crippen molar-refractivity contribution < 1.29 is 19.0 Å². The number of ether oxygens (including phenoxy) is 1. The van der Waals surface area contributed by atoms with Crippen LogP contribution in [0.5, 0.6) is 6.01 Å². The van der Waals surface area contributed by atoms with Crippen molar-refractivity contribution in [3.63, 3.8) is 0 Å². The number of carbonyl (C=O) groups is 1. The van der Waals surface area contributed by atoms with Crippen LogP contribution in [0, 0.1) is 5.82 Å². The zero-order valence-corrected chi connectivity index (χ0v) is 19.7. The summed E-state index contributed by atoms with van der Waals surface area (Å²) in [7, 11) is 2.05. The maximum absolute atomic E-state index is 15.1. The number of rotatable bonds is 4. The van der Waals surface area contributed by atoms with E-state index in [1.165, 1.54) is 4.90 Å². The molecule has 8 nitrogen and oxygen atoms in total. The number of nitrogens with zero attached hydrogens (tertiary/aromatic N) is 5. The number of amides is 1. The highest BCUT2D eigenvalue weighted by Gasteiger charge is 2.30. The van der Waals surface area contributed by atoms with Gasteiger partial charge >= 0.3 is 12.1 Å². The molecule has 2 saturated heterocycles. The summed E-state index contributed by atoms with van der Waals surface area (Å²) in [5.41, 5.74) is 0.115. The lowest BCUT2D eigenvalue weighted by atomic mass is 10.1. The molecule has 11 heteroatoms. The third-order valence-corrected chi connectivity index (χ3v) is 7.33. The number of hydrogen-bond donors (Lipinski definition) is 1. The largest absolute Gasteiger partial charge is 0.465 e. The highest BCUT2D eigenvalue weighted by molar-refractivity contribution is 9.10. The van der Waals surface area contributed by atoms with Gasteiger partial charge in [0.2, 0.25) is 0 Å². The summed E-state index contributed by atoms with van der Waals surface area (Å²) < 4.78 is 21.1. The van der Waals surface area contributed by atoms with Crippen LogP contribution in [0.25, 0.3) is 10.9 Å². The Balaban J connectivity index is 1.72. The molecule has 2 atom stereocenters. The molecule has 2 aliphatic heterocycles. The van der Waals surface area contributed by atoms with E-state index < -0.39 is 11.9 Å². The average molecular weight is 517 g/mol. The van der Waals surface area contributed by atoms with Crippen molar-refractivity contribution in [2.75, 3.05) is 44.7 Å². The van der Waals surface area contributed by atoms with Crippen LogP contribution < -0.4 is 9.64 Å². The molecular formula is C20H24BrClFN5O3. The van der Waals surface area contributed by atoms with Crippen molar-refractivity contribution >= 4 is 50.3 Å². The molecule has 2 aromatic rings. The third-order valence-electron chi connectivity index (χ3n) is 6.03. The minimum atomic E-state index is -0.957. The van der Waals surface area contributed by atoms with Crippen LogP contribution in [0.1, 0.15) is 19.8 Å². The van der Waals surface area contributed by atoms with Crippen molar-refractivity contribution in [3.05, 3.63) is 21.4 Å². The average Bonchev–Trinajstić information content (AvgIpc) is 3.15. The van der Waals surface area contributed by atoms with Gasteiger partial charge < -0.3 is 24.5 Å². The van der Waals surface area contributed by atoms with Gasteiger partial charge in [-0.05, 0) is 55.4 Å². The fourth-order valence-electron chi connectivity index (χ4n) is 4.23. The van der Waals surface area contributed by atoms with Gasteiger partial charge in [0, 0.05) is 37.1 Å². The van der Waals surface area contributed by atoms with Crippen LogP contribution in [0.3, 0.4) is 0 Å². The van der Waals surface area contributed by atoms with E-state index in [0.29, 0.717) is 37.4 Å². The Labute approximate surface area is 193 Å². The summed E-state index contributed by atoms with van der Waals surface area (Å²) in [4.78, 5) is 25.9. The van der Waals surface area contributed by atoms with Crippen molar-refractivity contribution in [1.29, 1.82) is 0 Å². The van der Waals surface area contributed by atoms with Crippen molar-refractivity contribution in [2.45, 2.75) is 31.8 Å². The van der Waals surface area contributed by atoms with Gasteiger partial charge in [0.05, 0.1) is 9.50 Å². The molecule has 2 fully saturated rings. The number of halogens is 3. The highest BCUT2D eigenvalue weighted by atomic mass is 79.9. The van der Waals surface area contributed by atoms with Gasteiger partial charge in [0.15, 0.2) is 5.82 Å². The van der Waals surface area contributed by atoms with Crippen LogP contribution in [-0.4, -0.2) is 82.9 Å². The number of piperazine rings is 1. The second-order valence-electron chi connectivity index (χ2n) is 8.07. The molecule has 0 radical (unpaired) electrons. The Morgan fingerprint density at radius 1 is 1.39 bits per heavy atom. The van der Waals surface area contributed by atoms with E-state index in [1.54, 1.807) is 6.07 Å². The fourth-order valence-corrected chi connectivity index (χ4v) is 4.72. The Bertz CT molecular complexity index is 1010. The summed E-state index contributed by atoms with van der Waals surface area (Å²) in [6.07, 6.45) is 1.18. The maximum atomic E-state index is 15.1. The molecule has 168 valence electrons. The molecule has 0 spiro atoms. The molecule has 0 unspecified atom stereocenters. The second-order valence-corrected chi connectivity index (χ2v) is 9.27. The molecule has 0 bridgehead atoms. The van der Waals surface area contributed by atoms with E-state index in [4.69, 9.17) is 16.3 Å². The smallest absolute Gasteiger partial charge is 0.407 e. The van der Waals surface area contributed by atoms with Gasteiger partial charge in [0.1, 0.15) is 17.9 Å². The predicted molar refractivity (Wildman–Crippen MR) is 120 cm³/mol. The Hall–Kier alpha value is -1.91. The Morgan fingerprint density at radius 3 is 2.81 bits per heavy atom. The normalized spacial score (nSPS) is 22.4. The molecule has 1 N–H and O–H groups in total. The summed E-state index contributed by atoms with van der Waals surface area (Å²) in [6.45, 7) is 4.40. The predicted octanol–water partition coefficient (Wildman–Crippen LogP) is 3.85. The lowest BCUT2D eigenvalue weighted by molar-refractivity contribution is 0.136. The first-order valence-electron chi connectivity index (χ1n) is 10.2. The molecule has 1 aromatic heterocycles. The summed E-state index contributed by atoms with van der Waals surface area (Å²) in [5.74, 6) is -0.0866. The SMILES string of the molecule is C[C@H]1CN(C(=O)O)CCN1c1nc(OC[C@@H]2CCCN2C)nc2c(F)c(Br)c(Cl)cc12. The zero-order valence-electron chi connectivity index (χ0n) is 17.3. The van der Waals surface area contributed by atoms with Gasteiger partial charge in [-0.3, -0.25) is 0 Å². The lowest BCUT2D eigenvalue weighted by Gasteiger charge is -2.39. The highest BCUT2D eigenvalue weighted by Crippen LogP contribution is 2.37. The first kappa shape index (κ1) is 22.3. The molecule has 0 aliphatic carbocycles. The molecule has 1 aromatic carbocycles. The minimum Gasteiger partial charge on any atom is -0.465 e. The van der Waals surface area contributed by atoms with Crippen molar-refractivity contribution in [1.82, 2.24) is 19.8 Å². The maximum Gasteiger partial charge on any atom is 0.407 e. The number of likely N-dealkylation sites (N-methyl/N-ethyl adjacent to an activating group) is 1. The number of aromatic nitrogens is 2. The number of likely N-dealkylation sites (tertiary alicyclic amines) is 1. The number of fused-ring (bicyclic) bond motifs is 1. The van der Waals surface area contributed by atoms with Gasteiger partial charge in [0.25, 0.3) is 0 Å². The molecule has 0 saturated carbocycles. The van der Waals surface area contributed by atoms with Crippen LogP contribution in [0.15, 0.2) is 10.5 Å². The standard InChI is InChI=1S/C20H24BrClFN5O3/c1-11-9-27(20(29)30)6-7-28(11)18-13-8-14(22)15(21)16(23)17(13)24-19(25-18)31-10-12-4-3-5-26(12)2/h8,11-12H,3-7,9-10H2,1-2H3,(H,29,30)/t11-,12-/m0/s1. The second kappa shape index (κ2) is 8.91. The van der Waals surface area contributed by atoms with E-state index in [0.717, 1.165) is 19.4 Å². The quantitative estimate of drug-likeness (QED) is 0.618. The molecule has 4 rings (SSSR count). The topological polar surface area (TPSA) is 82.0 Å². The fraction of sp³-hybridized carbons (Fsp3) is 0.550. The van der Waals surface area contributed by atoms with Gasteiger partial charge in [-0.15, -0.1) is 0 Å². The molecule has 1 amide bonds. The summed E-state index contributed by atoms with van der Waals surface area (Å²) >= 11 is 9.41. The first-order valence-corrected chi connectivity index (χ1v) is 11.4. The summed E-state index contributed by atoms with van der Waals surface area (Å²) in [6, 6.07) is 1.83. The van der Waals surface area contributed by atoms with Crippen LogP contribution >= 0.6 is 27.5 Å². The van der Waals surface area contributed by atoms with Gasteiger partial charge in [-0.25, -0.2) is 9.18 Å². The van der Waals surface area contributed by atoms with Crippen LogP contribution in [0.2, 0.25) is 5.02 Å². The minimum absolute atomic E-state index is 0.101. The Kier molecular flexibility index (Phi) is 6.41. The number of benzene rings is 1. The monoisotopic (exact) mass is 515 g/mol. The summed E-state index contributed by atoms with van der Waals surface area (Å²) in [5, 5.41) is 9.99. The number of carboxylic acid groups (broad SMARTS) is 1. The molecule has 2 aliphatic rings. The molecule has 3 heterocycles. The van der Waals surface area contributed by atoms with E-state index >= 15 is 4.39 Å². The third kappa shape index (κ3) is 4.38. The molecule has 31 heavy (non-hydrogen) atoms. The van der Waals surface area contributed by atoms with E-state index in [2.05, 4.69) is 37.8 Å². The van der Waals surface area contributed by atoms with Crippen molar-refractivity contribution in [3.8, 4) is 6.01 Å². The zero-order chi connectivity index (χ0) is 22.3. The lowest BCUT2D eigenvalue weighted by Crippen LogP contribution is -2.53. The van der Waals surface area contributed by atoms with Crippen LogP contribution in [-0.2, 0) is 0 Å². The van der Waals surface area contributed by atoms with E-state index in [1.807, 2.05) is 11.8 Å². The van der Waals surface area contributed by atoms with E-state index in [-0.39, 0.29) is 33.1 Å².